The molecule has 9 heteroatoms. The van der Waals surface area contributed by atoms with Gasteiger partial charge in [-0.1, -0.05) is 146 Å². The summed E-state index contributed by atoms with van der Waals surface area (Å²) in [4.78, 5) is 12.9. The summed E-state index contributed by atoms with van der Waals surface area (Å²) in [6.45, 7) is 3.61. The lowest BCUT2D eigenvalue weighted by Crippen LogP contribution is -2.60. The Morgan fingerprint density at radius 2 is 1.22 bits per heavy atom. The van der Waals surface area contributed by atoms with Crippen molar-refractivity contribution >= 4 is 5.91 Å². The van der Waals surface area contributed by atoms with Crippen LogP contribution in [0.5, 0.6) is 0 Å². The summed E-state index contributed by atoms with van der Waals surface area (Å²) in [6, 6.07) is -0.818. The molecular formula is C42H75NO8. The van der Waals surface area contributed by atoms with Gasteiger partial charge in [0.25, 0.3) is 0 Å². The van der Waals surface area contributed by atoms with Crippen LogP contribution in [0.25, 0.3) is 0 Å². The number of hydrogen-bond donors (Lipinski definition) is 6. The van der Waals surface area contributed by atoms with Crippen molar-refractivity contribution in [2.24, 2.45) is 0 Å². The van der Waals surface area contributed by atoms with E-state index in [0.29, 0.717) is 12.8 Å². The molecule has 0 aromatic heterocycles. The Morgan fingerprint density at radius 1 is 0.686 bits per heavy atom. The molecule has 6 N–H and O–H groups in total. The first-order valence-electron chi connectivity index (χ1n) is 20.4. The molecule has 51 heavy (non-hydrogen) atoms. The van der Waals surface area contributed by atoms with E-state index in [1.807, 2.05) is 6.08 Å². The van der Waals surface area contributed by atoms with Gasteiger partial charge >= 0.3 is 0 Å². The Bertz CT molecular complexity index is 936. The second-order valence-electron chi connectivity index (χ2n) is 14.0. The van der Waals surface area contributed by atoms with Gasteiger partial charge in [0, 0.05) is 6.42 Å². The molecule has 1 fully saturated rings. The van der Waals surface area contributed by atoms with Gasteiger partial charge in [-0.15, -0.1) is 0 Å². The lowest BCUT2D eigenvalue weighted by Gasteiger charge is -2.40. The molecular weight excluding hydrogens is 646 g/mol. The maximum absolute atomic E-state index is 12.9. The molecule has 1 aliphatic heterocycles. The third kappa shape index (κ3) is 24.2. The van der Waals surface area contributed by atoms with Gasteiger partial charge in [0.15, 0.2) is 6.29 Å². The van der Waals surface area contributed by atoms with E-state index in [2.05, 4.69) is 55.6 Å². The second-order valence-corrected chi connectivity index (χ2v) is 14.0. The highest BCUT2D eigenvalue weighted by Gasteiger charge is 2.44. The van der Waals surface area contributed by atoms with Crippen molar-refractivity contribution in [1.82, 2.24) is 5.32 Å². The maximum atomic E-state index is 12.9. The summed E-state index contributed by atoms with van der Waals surface area (Å²) in [7, 11) is 0. The molecule has 7 unspecified atom stereocenters. The summed E-state index contributed by atoms with van der Waals surface area (Å²) in [5, 5.41) is 54.0. The Kier molecular flexibility index (Phi) is 30.3. The summed E-state index contributed by atoms with van der Waals surface area (Å²) in [6.07, 6.45) is 32.9. The minimum atomic E-state index is -1.57. The number of aliphatic hydroxyl groups excluding tert-OH is 5. The van der Waals surface area contributed by atoms with Crippen LogP contribution in [0.1, 0.15) is 155 Å². The smallest absolute Gasteiger partial charge is 0.220 e. The summed E-state index contributed by atoms with van der Waals surface area (Å²) in [5.74, 6) is -0.209. The highest BCUT2D eigenvalue weighted by Crippen LogP contribution is 2.22. The van der Waals surface area contributed by atoms with Crippen LogP contribution in [0.2, 0.25) is 0 Å². The fourth-order valence-corrected chi connectivity index (χ4v) is 6.11. The molecule has 0 spiro atoms. The number of hydrogen-bond acceptors (Lipinski definition) is 8. The normalized spacial score (nSPS) is 22.5. The van der Waals surface area contributed by atoms with E-state index in [1.165, 1.54) is 70.6 Å². The largest absolute Gasteiger partial charge is 0.394 e. The maximum Gasteiger partial charge on any atom is 0.220 e. The molecule has 9 nitrogen and oxygen atoms in total. The number of allylic oxidation sites excluding steroid dienone is 7. The first-order chi connectivity index (χ1) is 24.8. The highest BCUT2D eigenvalue weighted by atomic mass is 16.7. The molecule has 0 aromatic carbocycles. The van der Waals surface area contributed by atoms with E-state index < -0.39 is 49.5 Å². The van der Waals surface area contributed by atoms with Crippen molar-refractivity contribution in [3.8, 4) is 0 Å². The minimum absolute atomic E-state index is 0.202. The molecule has 0 aromatic rings. The summed E-state index contributed by atoms with van der Waals surface area (Å²) >= 11 is 0. The first-order valence-corrected chi connectivity index (χ1v) is 20.4. The van der Waals surface area contributed by atoms with E-state index >= 15 is 0 Å². The number of nitrogens with one attached hydrogen (secondary N) is 1. The molecule has 1 amide bonds. The Morgan fingerprint density at radius 3 is 1.80 bits per heavy atom. The van der Waals surface area contributed by atoms with E-state index in [9.17, 15) is 30.3 Å². The predicted molar refractivity (Wildman–Crippen MR) is 207 cm³/mol. The zero-order valence-electron chi connectivity index (χ0n) is 32.1. The Labute approximate surface area is 310 Å². The molecule has 0 aliphatic carbocycles. The Hall–Kier alpha value is -1.85. The van der Waals surface area contributed by atoms with Crippen LogP contribution in [-0.2, 0) is 14.3 Å². The van der Waals surface area contributed by atoms with Crippen molar-refractivity contribution in [3.05, 3.63) is 48.6 Å². The van der Waals surface area contributed by atoms with Crippen molar-refractivity contribution < 1.29 is 39.8 Å². The molecule has 0 bridgehead atoms. The molecule has 0 radical (unpaired) electrons. The Balaban J connectivity index is 2.46. The molecule has 1 aliphatic rings. The van der Waals surface area contributed by atoms with Crippen LogP contribution >= 0.6 is 0 Å². The highest BCUT2D eigenvalue weighted by molar-refractivity contribution is 5.76. The third-order valence-corrected chi connectivity index (χ3v) is 9.41. The van der Waals surface area contributed by atoms with Crippen molar-refractivity contribution in [2.45, 2.75) is 198 Å². The topological polar surface area (TPSA) is 149 Å². The van der Waals surface area contributed by atoms with Gasteiger partial charge in [-0.2, -0.15) is 0 Å². The average Bonchev–Trinajstić information content (AvgIpc) is 3.13. The van der Waals surface area contributed by atoms with E-state index in [-0.39, 0.29) is 12.5 Å². The number of carbonyl (C=O) groups excluding carboxylic acids is 1. The van der Waals surface area contributed by atoms with Gasteiger partial charge in [-0.05, 0) is 51.4 Å². The van der Waals surface area contributed by atoms with Gasteiger partial charge in [-0.3, -0.25) is 4.79 Å². The van der Waals surface area contributed by atoms with Crippen LogP contribution in [-0.4, -0.2) is 87.5 Å². The van der Waals surface area contributed by atoms with E-state index in [1.54, 1.807) is 6.08 Å². The molecule has 296 valence electrons. The second kappa shape index (κ2) is 32.8. The monoisotopic (exact) mass is 722 g/mol. The number of unbranched alkanes of at least 4 members (excludes halogenated alkanes) is 16. The van der Waals surface area contributed by atoms with Gasteiger partial charge in [-0.25, -0.2) is 0 Å². The zero-order chi connectivity index (χ0) is 37.4. The van der Waals surface area contributed by atoms with Crippen molar-refractivity contribution in [2.75, 3.05) is 13.2 Å². The van der Waals surface area contributed by atoms with Gasteiger partial charge in [0.05, 0.1) is 25.4 Å². The average molecular weight is 722 g/mol. The number of aliphatic hydroxyl groups is 5. The van der Waals surface area contributed by atoms with E-state index in [4.69, 9.17) is 9.47 Å². The predicted octanol–water partition coefficient (Wildman–Crippen LogP) is 7.50. The number of amides is 1. The van der Waals surface area contributed by atoms with Crippen LogP contribution in [0.3, 0.4) is 0 Å². The molecule has 1 rings (SSSR count). The van der Waals surface area contributed by atoms with Gasteiger partial charge in [0.2, 0.25) is 5.91 Å². The standard InChI is InChI=1S/C42H75NO8/c1-3-5-7-9-11-13-15-17-18-20-21-23-25-27-29-31-36(45)35(34-50-42-41(49)40(48)39(47)37(33-44)51-42)43-38(46)32-30-28-26-24-22-19-16-14-12-10-8-6-4-2/h6,8,12,14,19,22,29,31,35-37,39-42,44-45,47-49H,3-5,7,9-11,13,15-18,20-21,23-28,30,32-34H2,1-2H3,(H,43,46)/b8-6-,14-12-,22-19-,31-29+. The van der Waals surface area contributed by atoms with Crippen molar-refractivity contribution in [1.29, 1.82) is 0 Å². The lowest BCUT2D eigenvalue weighted by atomic mass is 9.99. The number of ether oxygens (including phenoxy) is 2. The van der Waals surface area contributed by atoms with Crippen molar-refractivity contribution in [3.63, 3.8) is 0 Å². The van der Waals surface area contributed by atoms with Gasteiger partial charge in [0.1, 0.15) is 24.4 Å². The van der Waals surface area contributed by atoms with Crippen LogP contribution in [0.4, 0.5) is 0 Å². The first kappa shape index (κ1) is 47.2. The third-order valence-electron chi connectivity index (χ3n) is 9.41. The number of carbonyl (C=O) groups is 1. The SMILES string of the molecule is CC/C=C\C/C=C\C/C=C\CCCCCC(=O)NC(COC1OC(CO)C(O)C(O)C1O)C(O)/C=C/CCCCCCCCCCCCCCC. The summed E-state index contributed by atoms with van der Waals surface area (Å²) in [5.41, 5.74) is 0. The fourth-order valence-electron chi connectivity index (χ4n) is 6.11. The lowest BCUT2D eigenvalue weighted by molar-refractivity contribution is -0.302. The quantitative estimate of drug-likeness (QED) is 0.0309. The molecule has 0 saturated carbocycles. The molecule has 1 heterocycles. The van der Waals surface area contributed by atoms with E-state index in [0.717, 1.165) is 57.8 Å². The molecule has 7 atom stereocenters. The van der Waals surface area contributed by atoms with Crippen LogP contribution in [0.15, 0.2) is 48.6 Å². The zero-order valence-corrected chi connectivity index (χ0v) is 32.1. The fraction of sp³-hybridized carbons (Fsp3) is 0.786. The van der Waals surface area contributed by atoms with Crippen LogP contribution < -0.4 is 5.32 Å². The molecule has 1 saturated heterocycles. The van der Waals surface area contributed by atoms with Gasteiger partial charge < -0.3 is 40.3 Å². The van der Waals surface area contributed by atoms with Crippen LogP contribution in [0, 0.1) is 0 Å². The number of rotatable bonds is 32. The summed E-state index contributed by atoms with van der Waals surface area (Å²) < 4.78 is 11.2. The minimum Gasteiger partial charge on any atom is -0.394 e.